The summed E-state index contributed by atoms with van der Waals surface area (Å²) < 4.78 is 24.2. The van der Waals surface area contributed by atoms with Crippen LogP contribution < -0.4 is 9.47 Å². The van der Waals surface area contributed by atoms with Crippen molar-refractivity contribution in [2.24, 2.45) is 0 Å². The van der Waals surface area contributed by atoms with Crippen LogP contribution in [0.15, 0.2) is 78.5 Å². The van der Waals surface area contributed by atoms with Crippen molar-refractivity contribution in [3.8, 4) is 11.5 Å². The Labute approximate surface area is 212 Å². The number of rotatable bonds is 7. The van der Waals surface area contributed by atoms with Crippen molar-refractivity contribution in [3.63, 3.8) is 0 Å². The quantitative estimate of drug-likeness (QED) is 0.212. The molecule has 0 saturated carbocycles. The number of nitrogens with one attached hydrogen (secondary N) is 1. The van der Waals surface area contributed by atoms with E-state index in [2.05, 4.69) is 4.98 Å². The SMILES string of the molecule is COc1ccc(C(O)=C2C(=O)C(=O)N(CCc3c[nH]c4ccc(OC)cc34)[C@@H]2c2ccc(F)cc2)cc1. The number of halogens is 1. The largest absolute Gasteiger partial charge is 0.507 e. The number of nitrogens with zero attached hydrogens (tertiary/aromatic N) is 1. The number of hydrogen-bond donors (Lipinski definition) is 2. The minimum absolute atomic E-state index is 0.0395. The first-order chi connectivity index (χ1) is 17.9. The number of H-pyrrole nitrogens is 1. The Morgan fingerprint density at radius 3 is 2.32 bits per heavy atom. The molecule has 1 aliphatic heterocycles. The zero-order valence-electron chi connectivity index (χ0n) is 20.3. The van der Waals surface area contributed by atoms with Gasteiger partial charge in [0.05, 0.1) is 25.8 Å². The van der Waals surface area contributed by atoms with E-state index in [0.29, 0.717) is 29.0 Å². The average Bonchev–Trinajstić information content (AvgIpc) is 3.44. The fourth-order valence-electron chi connectivity index (χ4n) is 4.74. The maximum Gasteiger partial charge on any atom is 0.295 e. The van der Waals surface area contributed by atoms with E-state index < -0.39 is 23.5 Å². The molecule has 2 N–H and O–H groups in total. The van der Waals surface area contributed by atoms with Gasteiger partial charge in [0.2, 0.25) is 0 Å². The molecule has 0 unspecified atom stereocenters. The Hall–Kier alpha value is -4.59. The monoisotopic (exact) mass is 500 g/mol. The molecule has 1 atom stereocenters. The number of likely N-dealkylation sites (tertiary alicyclic amines) is 1. The lowest BCUT2D eigenvalue weighted by atomic mass is 9.95. The molecule has 1 aliphatic rings. The molecule has 8 heteroatoms. The summed E-state index contributed by atoms with van der Waals surface area (Å²) in [6.07, 6.45) is 2.31. The topological polar surface area (TPSA) is 91.9 Å². The molecule has 37 heavy (non-hydrogen) atoms. The Kier molecular flexibility index (Phi) is 6.40. The number of Topliss-reactive ketones (excluding diaryl/α,β-unsaturated/α-hetero) is 1. The van der Waals surface area contributed by atoms with Crippen LogP contribution in [0.2, 0.25) is 0 Å². The number of aliphatic hydroxyl groups is 1. The number of methoxy groups -OCH3 is 2. The van der Waals surface area contributed by atoms with Crippen LogP contribution in [0.5, 0.6) is 11.5 Å². The Morgan fingerprint density at radius 1 is 0.973 bits per heavy atom. The van der Waals surface area contributed by atoms with E-state index in [4.69, 9.17) is 9.47 Å². The highest BCUT2D eigenvalue weighted by Crippen LogP contribution is 2.40. The summed E-state index contributed by atoms with van der Waals surface area (Å²) >= 11 is 0. The molecule has 0 aliphatic carbocycles. The molecule has 2 heterocycles. The number of aromatic nitrogens is 1. The molecule has 0 radical (unpaired) electrons. The van der Waals surface area contributed by atoms with Crippen molar-refractivity contribution in [3.05, 3.63) is 101 Å². The molecular weight excluding hydrogens is 475 g/mol. The number of hydrogen-bond acceptors (Lipinski definition) is 5. The van der Waals surface area contributed by atoms with Crippen LogP contribution in [0.25, 0.3) is 16.7 Å². The van der Waals surface area contributed by atoms with Gasteiger partial charge in [-0.2, -0.15) is 0 Å². The number of benzene rings is 3. The summed E-state index contributed by atoms with van der Waals surface area (Å²) in [5.74, 6) is -0.953. The second-order valence-corrected chi connectivity index (χ2v) is 8.75. The molecule has 0 bridgehead atoms. The molecule has 7 nitrogen and oxygen atoms in total. The van der Waals surface area contributed by atoms with Gasteiger partial charge in [0.1, 0.15) is 23.1 Å². The number of carbonyl (C=O) groups excluding carboxylic acids is 2. The number of ketones is 1. The van der Waals surface area contributed by atoms with Gasteiger partial charge in [-0.1, -0.05) is 12.1 Å². The second-order valence-electron chi connectivity index (χ2n) is 8.75. The van der Waals surface area contributed by atoms with Crippen LogP contribution in [-0.4, -0.2) is 47.4 Å². The van der Waals surface area contributed by atoms with Gasteiger partial charge in [-0.15, -0.1) is 0 Å². The van der Waals surface area contributed by atoms with Crippen molar-refractivity contribution >= 4 is 28.4 Å². The van der Waals surface area contributed by atoms with E-state index in [1.165, 1.54) is 36.3 Å². The molecule has 0 spiro atoms. The standard InChI is InChI=1S/C29H25FN2O5/c1-36-21-9-5-18(6-10-21)27(33)25-26(17-3-7-20(30)8-4-17)32(29(35)28(25)34)14-13-19-16-31-24-12-11-22(37-2)15-23(19)24/h3-12,15-16,26,31,33H,13-14H2,1-2H3/t26-/m1/s1. The maximum atomic E-state index is 13.7. The number of fused-ring (bicyclic) bond motifs is 1. The van der Waals surface area contributed by atoms with E-state index in [1.807, 2.05) is 24.4 Å². The van der Waals surface area contributed by atoms with Crippen LogP contribution in [0, 0.1) is 5.82 Å². The first-order valence-electron chi connectivity index (χ1n) is 11.7. The summed E-state index contributed by atoms with van der Waals surface area (Å²) in [4.78, 5) is 31.1. The van der Waals surface area contributed by atoms with E-state index in [1.54, 1.807) is 31.4 Å². The number of amides is 1. The third kappa shape index (κ3) is 4.42. The van der Waals surface area contributed by atoms with E-state index in [0.717, 1.165) is 16.5 Å². The highest BCUT2D eigenvalue weighted by Gasteiger charge is 2.45. The van der Waals surface area contributed by atoms with E-state index >= 15 is 0 Å². The molecule has 1 fully saturated rings. The summed E-state index contributed by atoms with van der Waals surface area (Å²) in [5.41, 5.74) is 2.73. The fourth-order valence-corrected chi connectivity index (χ4v) is 4.74. The zero-order chi connectivity index (χ0) is 26.1. The average molecular weight is 501 g/mol. The van der Waals surface area contributed by atoms with Gasteiger partial charge >= 0.3 is 0 Å². The molecule has 1 aromatic heterocycles. The van der Waals surface area contributed by atoms with E-state index in [-0.39, 0.29) is 17.9 Å². The first-order valence-corrected chi connectivity index (χ1v) is 11.7. The van der Waals surface area contributed by atoms with Crippen molar-refractivity contribution in [1.82, 2.24) is 9.88 Å². The van der Waals surface area contributed by atoms with Crippen LogP contribution in [-0.2, 0) is 16.0 Å². The van der Waals surface area contributed by atoms with Crippen LogP contribution in [0.4, 0.5) is 4.39 Å². The van der Waals surface area contributed by atoms with Gasteiger partial charge in [-0.05, 0) is 72.1 Å². The number of carbonyl (C=O) groups is 2. The van der Waals surface area contributed by atoms with Gasteiger partial charge in [0.25, 0.3) is 11.7 Å². The molecule has 1 saturated heterocycles. The lowest BCUT2D eigenvalue weighted by Gasteiger charge is -2.25. The predicted octanol–water partition coefficient (Wildman–Crippen LogP) is 4.99. The van der Waals surface area contributed by atoms with Gasteiger partial charge in [0.15, 0.2) is 0 Å². The number of ether oxygens (including phenoxy) is 2. The van der Waals surface area contributed by atoms with Crippen molar-refractivity contribution in [1.29, 1.82) is 0 Å². The lowest BCUT2D eigenvalue weighted by molar-refractivity contribution is -0.139. The van der Waals surface area contributed by atoms with Gasteiger partial charge in [-0.25, -0.2) is 4.39 Å². The molecule has 3 aromatic carbocycles. The van der Waals surface area contributed by atoms with Crippen molar-refractivity contribution in [2.45, 2.75) is 12.5 Å². The third-order valence-electron chi connectivity index (χ3n) is 6.69. The highest BCUT2D eigenvalue weighted by molar-refractivity contribution is 6.46. The zero-order valence-corrected chi connectivity index (χ0v) is 20.3. The molecule has 1 amide bonds. The summed E-state index contributed by atoms with van der Waals surface area (Å²) in [6, 6.07) is 16.9. The fraction of sp³-hybridized carbons (Fsp3) is 0.172. The van der Waals surface area contributed by atoms with Gasteiger partial charge in [0, 0.05) is 29.2 Å². The number of aliphatic hydroxyl groups excluding tert-OH is 1. The van der Waals surface area contributed by atoms with Crippen LogP contribution in [0.1, 0.15) is 22.7 Å². The maximum absolute atomic E-state index is 13.7. The van der Waals surface area contributed by atoms with Crippen LogP contribution in [0.3, 0.4) is 0 Å². The first kappa shape index (κ1) is 24.1. The second kappa shape index (κ2) is 9.81. The molecular formula is C29H25FN2O5. The van der Waals surface area contributed by atoms with E-state index in [9.17, 15) is 19.1 Å². The predicted molar refractivity (Wildman–Crippen MR) is 137 cm³/mol. The normalized spacial score (nSPS) is 16.9. The Bertz CT molecular complexity index is 1510. The highest BCUT2D eigenvalue weighted by atomic mass is 19.1. The van der Waals surface area contributed by atoms with Crippen LogP contribution >= 0.6 is 0 Å². The minimum Gasteiger partial charge on any atom is -0.507 e. The van der Waals surface area contributed by atoms with Crippen molar-refractivity contribution in [2.75, 3.05) is 20.8 Å². The van der Waals surface area contributed by atoms with Crippen molar-refractivity contribution < 1.29 is 28.6 Å². The molecule has 4 aromatic rings. The third-order valence-corrected chi connectivity index (χ3v) is 6.69. The summed E-state index contributed by atoms with van der Waals surface area (Å²) in [7, 11) is 3.12. The molecule has 5 rings (SSSR count). The Balaban J connectivity index is 1.54. The van der Waals surface area contributed by atoms with Gasteiger partial charge < -0.3 is 24.5 Å². The lowest BCUT2D eigenvalue weighted by Crippen LogP contribution is -2.31. The summed E-state index contributed by atoms with van der Waals surface area (Å²) in [5, 5.41) is 12.1. The van der Waals surface area contributed by atoms with Gasteiger partial charge in [-0.3, -0.25) is 9.59 Å². The molecule has 188 valence electrons. The number of aromatic amines is 1. The smallest absolute Gasteiger partial charge is 0.295 e. The summed E-state index contributed by atoms with van der Waals surface area (Å²) in [6.45, 7) is 0.205. The minimum atomic E-state index is -0.873. The Morgan fingerprint density at radius 2 is 1.65 bits per heavy atom.